The molecule has 0 spiro atoms. The number of benzene rings is 2. The van der Waals surface area contributed by atoms with E-state index in [0.29, 0.717) is 0 Å². The molecule has 24 heavy (non-hydrogen) atoms. The molecule has 0 unspecified atom stereocenters. The molecule has 0 N–H and O–H groups in total. The van der Waals surface area contributed by atoms with E-state index in [1.165, 1.54) is 36.2 Å². The summed E-state index contributed by atoms with van der Waals surface area (Å²) in [6.45, 7) is 1.86. The topological polar surface area (TPSA) is 20.3 Å². The first-order chi connectivity index (χ1) is 11.3. The van der Waals surface area contributed by atoms with Crippen LogP contribution in [-0.2, 0) is 17.5 Å². The van der Waals surface area contributed by atoms with Crippen molar-refractivity contribution in [2.24, 2.45) is 0 Å². The zero-order chi connectivity index (χ0) is 17.7. The van der Waals surface area contributed by atoms with E-state index in [1.807, 2.05) is 31.2 Å². The van der Waals surface area contributed by atoms with Crippen molar-refractivity contribution in [2.45, 2.75) is 19.6 Å². The fourth-order valence-electron chi connectivity index (χ4n) is 2.24. The smallest absolute Gasteiger partial charge is 0.338 e. The van der Waals surface area contributed by atoms with Gasteiger partial charge in [0.05, 0.1) is 5.56 Å². The predicted octanol–water partition coefficient (Wildman–Crippen LogP) is 4.69. The van der Waals surface area contributed by atoms with E-state index in [1.54, 1.807) is 6.08 Å². The molecule has 0 aliphatic rings. The monoisotopic (exact) mass is 333 g/mol. The van der Waals surface area contributed by atoms with Gasteiger partial charge in [0.25, 0.3) is 0 Å². The van der Waals surface area contributed by atoms with Gasteiger partial charge in [0.15, 0.2) is 0 Å². The van der Waals surface area contributed by atoms with Gasteiger partial charge < -0.3 is 4.90 Å². The van der Waals surface area contributed by atoms with Crippen molar-refractivity contribution in [3.05, 3.63) is 76.9 Å². The van der Waals surface area contributed by atoms with E-state index in [4.69, 9.17) is 0 Å². The lowest BCUT2D eigenvalue weighted by molar-refractivity contribution is -0.139. The average molecular weight is 333 g/mol. The minimum atomic E-state index is -4.43. The Morgan fingerprint density at radius 1 is 1.08 bits per heavy atom. The summed E-state index contributed by atoms with van der Waals surface area (Å²) in [6.07, 6.45) is -1.42. The zero-order valence-electron chi connectivity index (χ0n) is 13.5. The van der Waals surface area contributed by atoms with Crippen LogP contribution in [0.3, 0.4) is 0 Å². The van der Waals surface area contributed by atoms with Crippen molar-refractivity contribution in [2.75, 3.05) is 7.05 Å². The number of aryl methyl sites for hydroxylation is 1. The molecule has 126 valence electrons. The van der Waals surface area contributed by atoms with Crippen molar-refractivity contribution in [3.63, 3.8) is 0 Å². The third kappa shape index (κ3) is 4.72. The Kier molecular flexibility index (Phi) is 5.44. The molecule has 1 amide bonds. The van der Waals surface area contributed by atoms with Crippen LogP contribution in [0.4, 0.5) is 13.2 Å². The fraction of sp³-hybridized carbons (Fsp3) is 0.211. The number of hydrogen-bond donors (Lipinski definition) is 0. The summed E-state index contributed by atoms with van der Waals surface area (Å²) in [5.74, 6) is -0.354. The van der Waals surface area contributed by atoms with Gasteiger partial charge in [-0.05, 0) is 30.2 Å². The average Bonchev–Trinajstić information content (AvgIpc) is 2.53. The summed E-state index contributed by atoms with van der Waals surface area (Å²) in [5.41, 5.74) is 1.33. The summed E-state index contributed by atoms with van der Waals surface area (Å²) >= 11 is 0. The number of nitrogens with zero attached hydrogens (tertiary/aromatic N) is 1. The van der Waals surface area contributed by atoms with E-state index in [2.05, 4.69) is 0 Å². The zero-order valence-corrected chi connectivity index (χ0v) is 13.5. The Bertz CT molecular complexity index is 733. The second-order valence-corrected chi connectivity index (χ2v) is 5.59. The first-order valence-corrected chi connectivity index (χ1v) is 7.42. The number of hydrogen-bond acceptors (Lipinski definition) is 1. The summed E-state index contributed by atoms with van der Waals surface area (Å²) in [6, 6.07) is 12.9. The quantitative estimate of drug-likeness (QED) is 0.744. The van der Waals surface area contributed by atoms with Crippen LogP contribution in [-0.4, -0.2) is 17.9 Å². The highest BCUT2D eigenvalue weighted by atomic mass is 19.4. The molecule has 0 saturated heterocycles. The number of likely N-dealkylation sites (N-methyl/N-ethyl adjacent to an activating group) is 1. The number of carbonyl (C=O) groups is 1. The highest BCUT2D eigenvalue weighted by Crippen LogP contribution is 2.32. The van der Waals surface area contributed by atoms with Gasteiger partial charge >= 0.3 is 6.18 Å². The molecule has 2 aromatic carbocycles. The minimum absolute atomic E-state index is 0.0737. The van der Waals surface area contributed by atoms with E-state index < -0.39 is 11.7 Å². The number of alkyl halides is 3. The van der Waals surface area contributed by atoms with Crippen LogP contribution in [0.25, 0.3) is 6.08 Å². The summed E-state index contributed by atoms with van der Waals surface area (Å²) in [7, 11) is 1.48. The van der Waals surface area contributed by atoms with Crippen LogP contribution in [0.15, 0.2) is 54.6 Å². The Morgan fingerprint density at radius 3 is 2.33 bits per heavy atom. The normalized spacial score (nSPS) is 11.7. The summed E-state index contributed by atoms with van der Waals surface area (Å²) in [5, 5.41) is 0. The summed E-state index contributed by atoms with van der Waals surface area (Å²) in [4.78, 5) is 13.4. The second-order valence-electron chi connectivity index (χ2n) is 5.59. The van der Waals surface area contributed by atoms with E-state index in [0.717, 1.165) is 17.2 Å². The molecule has 0 saturated carbocycles. The van der Waals surface area contributed by atoms with Crippen molar-refractivity contribution >= 4 is 12.0 Å². The largest absolute Gasteiger partial charge is 0.416 e. The molecule has 0 fully saturated rings. The molecule has 0 aliphatic carbocycles. The molecule has 2 nitrogen and oxygen atoms in total. The molecule has 0 atom stereocenters. The predicted molar refractivity (Wildman–Crippen MR) is 88.1 cm³/mol. The van der Waals surface area contributed by atoms with E-state index >= 15 is 0 Å². The summed E-state index contributed by atoms with van der Waals surface area (Å²) < 4.78 is 39.0. The number of amides is 1. The Labute approximate surface area is 139 Å². The van der Waals surface area contributed by atoms with Crippen molar-refractivity contribution in [1.82, 2.24) is 4.90 Å². The highest BCUT2D eigenvalue weighted by Gasteiger charge is 2.33. The van der Waals surface area contributed by atoms with Crippen LogP contribution < -0.4 is 0 Å². The standard InChI is InChI=1S/C19H18F3NO/c1-14-7-9-15(10-8-14)11-12-18(24)23(2)13-16-5-3-4-6-17(16)19(20,21)22/h3-12H,13H2,1-2H3/b12-11+. The van der Waals surface area contributed by atoms with Gasteiger partial charge in [-0.1, -0.05) is 48.0 Å². The molecular formula is C19H18F3NO. The molecular weight excluding hydrogens is 315 g/mol. The molecule has 0 radical (unpaired) electrons. The van der Waals surface area contributed by atoms with Gasteiger partial charge in [-0.2, -0.15) is 13.2 Å². The lowest BCUT2D eigenvalue weighted by Gasteiger charge is -2.19. The fourth-order valence-corrected chi connectivity index (χ4v) is 2.24. The lowest BCUT2D eigenvalue weighted by Crippen LogP contribution is -2.25. The molecule has 5 heteroatoms. The number of halogens is 3. The van der Waals surface area contributed by atoms with Crippen LogP contribution in [0.1, 0.15) is 22.3 Å². The van der Waals surface area contributed by atoms with Crippen LogP contribution in [0, 0.1) is 6.92 Å². The third-order valence-electron chi connectivity index (χ3n) is 3.60. The van der Waals surface area contributed by atoms with Gasteiger partial charge in [0.2, 0.25) is 5.91 Å². The maximum atomic E-state index is 13.0. The molecule has 0 aliphatic heterocycles. The van der Waals surface area contributed by atoms with Gasteiger partial charge in [-0.25, -0.2) is 0 Å². The number of carbonyl (C=O) groups excluding carboxylic acids is 1. The Hall–Kier alpha value is -2.56. The molecule has 0 heterocycles. The Morgan fingerprint density at radius 2 is 1.71 bits per heavy atom. The number of rotatable bonds is 4. The molecule has 0 aromatic heterocycles. The molecule has 2 rings (SSSR count). The molecule has 2 aromatic rings. The third-order valence-corrected chi connectivity index (χ3v) is 3.60. The van der Waals surface area contributed by atoms with E-state index in [9.17, 15) is 18.0 Å². The minimum Gasteiger partial charge on any atom is -0.338 e. The van der Waals surface area contributed by atoms with Crippen LogP contribution >= 0.6 is 0 Å². The van der Waals surface area contributed by atoms with E-state index in [-0.39, 0.29) is 18.0 Å². The first-order valence-electron chi connectivity index (χ1n) is 7.42. The maximum absolute atomic E-state index is 13.0. The SMILES string of the molecule is Cc1ccc(/C=C/C(=O)N(C)Cc2ccccc2C(F)(F)F)cc1. The van der Waals surface area contributed by atoms with Gasteiger partial charge in [-0.15, -0.1) is 0 Å². The van der Waals surface area contributed by atoms with Crippen LogP contribution in [0.2, 0.25) is 0 Å². The van der Waals surface area contributed by atoms with Crippen molar-refractivity contribution in [1.29, 1.82) is 0 Å². The second kappa shape index (κ2) is 7.34. The van der Waals surface area contributed by atoms with Gasteiger partial charge in [-0.3, -0.25) is 4.79 Å². The first kappa shape index (κ1) is 17.8. The lowest BCUT2D eigenvalue weighted by atomic mass is 10.1. The maximum Gasteiger partial charge on any atom is 0.416 e. The van der Waals surface area contributed by atoms with Crippen molar-refractivity contribution in [3.8, 4) is 0 Å². The van der Waals surface area contributed by atoms with Crippen molar-refractivity contribution < 1.29 is 18.0 Å². The van der Waals surface area contributed by atoms with Crippen LogP contribution in [0.5, 0.6) is 0 Å². The van der Waals surface area contributed by atoms with Gasteiger partial charge in [0, 0.05) is 19.7 Å². The highest BCUT2D eigenvalue weighted by molar-refractivity contribution is 5.91. The Balaban J connectivity index is 2.08. The molecule has 0 bridgehead atoms. The van der Waals surface area contributed by atoms with Gasteiger partial charge in [0.1, 0.15) is 0 Å².